The minimum absolute atomic E-state index is 0.121. The summed E-state index contributed by atoms with van der Waals surface area (Å²) >= 11 is 0. The summed E-state index contributed by atoms with van der Waals surface area (Å²) in [6.07, 6.45) is 2.14. The highest BCUT2D eigenvalue weighted by molar-refractivity contribution is 6.17. The van der Waals surface area contributed by atoms with E-state index >= 15 is 0 Å². The van der Waals surface area contributed by atoms with Crippen LogP contribution in [0.4, 0.5) is 0 Å². The molecule has 0 spiro atoms. The zero-order valence-electron chi connectivity index (χ0n) is 22.3. The number of ketones is 1. The highest BCUT2D eigenvalue weighted by Gasteiger charge is 2.84. The van der Waals surface area contributed by atoms with Crippen LogP contribution < -0.4 is 0 Å². The van der Waals surface area contributed by atoms with E-state index in [4.69, 9.17) is 14.2 Å². The van der Waals surface area contributed by atoms with E-state index in [0.717, 1.165) is 0 Å². The molecule has 0 aromatic heterocycles. The number of carbonyl (C=O) groups excluding carboxylic acids is 4. The predicted octanol–water partition coefficient (Wildman–Crippen LogP) is 3.83. The van der Waals surface area contributed by atoms with Gasteiger partial charge in [0.1, 0.15) is 18.0 Å². The molecular formula is C28H36O8. The number of esters is 3. The van der Waals surface area contributed by atoms with E-state index < -0.39 is 50.8 Å². The maximum Gasteiger partial charge on any atom is 0.321 e. The molecule has 2 bridgehead atoms. The topological polar surface area (TPSA) is 116 Å². The molecule has 0 amide bonds. The van der Waals surface area contributed by atoms with Gasteiger partial charge in [-0.1, -0.05) is 32.4 Å². The van der Waals surface area contributed by atoms with Crippen LogP contribution in [0.1, 0.15) is 67.7 Å². The molecule has 0 aromatic carbocycles. The van der Waals surface area contributed by atoms with E-state index in [-0.39, 0.29) is 41.7 Å². The molecule has 3 fully saturated rings. The Labute approximate surface area is 211 Å². The van der Waals surface area contributed by atoms with E-state index in [1.165, 1.54) is 14.0 Å². The maximum atomic E-state index is 14.1. The van der Waals surface area contributed by atoms with Gasteiger partial charge in [0.25, 0.3) is 0 Å². The van der Waals surface area contributed by atoms with E-state index in [2.05, 4.69) is 0 Å². The van der Waals surface area contributed by atoms with Crippen molar-refractivity contribution in [3.05, 3.63) is 23.0 Å². The van der Waals surface area contributed by atoms with Crippen molar-refractivity contribution in [1.29, 1.82) is 0 Å². The fourth-order valence-electron chi connectivity index (χ4n) is 9.58. The average molecular weight is 503 g/mol. The van der Waals surface area contributed by atoms with E-state index in [1.54, 1.807) is 13.8 Å². The number of aliphatic hydroxyl groups is 1. The molecule has 1 saturated heterocycles. The van der Waals surface area contributed by atoms with Gasteiger partial charge < -0.3 is 19.3 Å². The standard InChI is InChI=1S/C28H36O8/c1-13-11-17-25(6,28(23(33)34-8)21(31)14(2)20(30)26(13,28)7)12-16-19-24(4,5)18(35-15(3)29)9-10-27(17,19)22(32)36-16/h11,16-19,30H,9-10,12H2,1-8H3/t16-,17-,18+,19?,25+,26+,27-,28-/m0/s1/i21+1,23+1. The van der Waals surface area contributed by atoms with Crippen LogP contribution in [0.15, 0.2) is 23.0 Å². The molecule has 2 saturated carbocycles. The van der Waals surface area contributed by atoms with Crippen molar-refractivity contribution in [3.8, 4) is 0 Å². The number of Topliss-reactive ketones (excluding diaryl/α,β-unsaturated/α-hetero) is 1. The fourth-order valence-corrected chi connectivity index (χ4v) is 9.58. The van der Waals surface area contributed by atoms with Gasteiger partial charge in [0.15, 0.2) is 11.2 Å². The van der Waals surface area contributed by atoms with Gasteiger partial charge in [-0.2, -0.15) is 0 Å². The van der Waals surface area contributed by atoms with E-state index in [0.29, 0.717) is 18.4 Å². The molecule has 1 N–H and O–H groups in total. The smallest absolute Gasteiger partial charge is 0.321 e. The average Bonchev–Trinajstić information content (AvgIpc) is 3.12. The van der Waals surface area contributed by atoms with Gasteiger partial charge in [0, 0.05) is 35.2 Å². The normalized spacial score (nSPS) is 46.3. The zero-order chi connectivity index (χ0) is 26.8. The van der Waals surface area contributed by atoms with Crippen LogP contribution in [0.5, 0.6) is 0 Å². The summed E-state index contributed by atoms with van der Waals surface area (Å²) in [4.78, 5) is 53.7. The molecule has 8 nitrogen and oxygen atoms in total. The second-order valence-corrected chi connectivity index (χ2v) is 12.5. The van der Waals surface area contributed by atoms with Crippen LogP contribution in [0.25, 0.3) is 0 Å². The van der Waals surface area contributed by atoms with Gasteiger partial charge >= 0.3 is 17.9 Å². The summed E-state index contributed by atoms with van der Waals surface area (Å²) in [5, 5.41) is 11.3. The first-order valence-corrected chi connectivity index (χ1v) is 12.7. The first-order chi connectivity index (χ1) is 16.6. The lowest BCUT2D eigenvalue weighted by molar-refractivity contribution is -0.216. The number of allylic oxidation sites excluding steroid dienone is 3. The summed E-state index contributed by atoms with van der Waals surface area (Å²) in [5.74, 6) is -2.77. The molecule has 4 aliphatic carbocycles. The van der Waals surface area contributed by atoms with Crippen LogP contribution in [-0.4, -0.2) is 48.1 Å². The van der Waals surface area contributed by atoms with Crippen LogP contribution in [0, 0.1) is 38.9 Å². The predicted molar refractivity (Wildman–Crippen MR) is 127 cm³/mol. The maximum absolute atomic E-state index is 14.1. The van der Waals surface area contributed by atoms with Crippen molar-refractivity contribution in [2.75, 3.05) is 7.11 Å². The van der Waals surface area contributed by atoms with Crippen LogP contribution in [0.2, 0.25) is 0 Å². The molecule has 5 rings (SSSR count). The molecule has 5 aliphatic rings. The number of hydrogen-bond acceptors (Lipinski definition) is 8. The molecule has 36 heavy (non-hydrogen) atoms. The molecule has 196 valence electrons. The monoisotopic (exact) mass is 502 g/mol. The summed E-state index contributed by atoms with van der Waals surface area (Å²) < 4.78 is 17.1. The molecule has 1 unspecified atom stereocenters. The fraction of sp³-hybridized carbons (Fsp3) is 0.714. The third kappa shape index (κ3) is 2.29. The third-order valence-corrected chi connectivity index (χ3v) is 11.0. The van der Waals surface area contributed by atoms with Crippen molar-refractivity contribution in [1.82, 2.24) is 0 Å². The lowest BCUT2D eigenvalue weighted by Gasteiger charge is -2.66. The minimum Gasteiger partial charge on any atom is -0.511 e. The Kier molecular flexibility index (Phi) is 4.88. The Morgan fingerprint density at radius 3 is 2.36 bits per heavy atom. The molecule has 8 heteroatoms. The highest BCUT2D eigenvalue weighted by Crippen LogP contribution is 2.79. The Morgan fingerprint density at radius 2 is 1.78 bits per heavy atom. The summed E-state index contributed by atoms with van der Waals surface area (Å²) in [7, 11) is 1.26. The molecule has 0 radical (unpaired) electrons. The summed E-state index contributed by atoms with van der Waals surface area (Å²) in [6.45, 7) is 12.4. The SMILES string of the molecule is CO[13C](=O)[C@]12[13C](=O)C(C)=C(O)[C@@]1(C)C(C)=C[C@@H]1[C@@]34CC[C@@H](OC(C)=O)C(C)(C)C3[C@H](C[C@]12C)OC4=O. The largest absolute Gasteiger partial charge is 0.511 e. The van der Waals surface area contributed by atoms with Crippen molar-refractivity contribution < 1.29 is 38.5 Å². The molecule has 0 aromatic rings. The van der Waals surface area contributed by atoms with Gasteiger partial charge in [0.05, 0.1) is 17.9 Å². The van der Waals surface area contributed by atoms with Crippen molar-refractivity contribution in [3.63, 3.8) is 0 Å². The minimum atomic E-state index is -1.74. The quantitative estimate of drug-likeness (QED) is 0.199. The number of fused-ring (bicyclic) bond motifs is 3. The Hall–Kier alpha value is -2.64. The van der Waals surface area contributed by atoms with Crippen LogP contribution in [-0.2, 0) is 33.4 Å². The Bertz CT molecular complexity index is 1180. The van der Waals surface area contributed by atoms with E-state index in [1.807, 2.05) is 33.8 Å². The zero-order valence-corrected chi connectivity index (χ0v) is 22.3. The van der Waals surface area contributed by atoms with Gasteiger partial charge in [0.2, 0.25) is 0 Å². The summed E-state index contributed by atoms with van der Waals surface area (Å²) in [6, 6.07) is 0. The number of rotatable bonds is 2. The Balaban J connectivity index is 1.79. The number of hydrogen-bond donors (Lipinski definition) is 1. The lowest BCUT2D eigenvalue weighted by Crippen LogP contribution is -2.71. The second-order valence-electron chi connectivity index (χ2n) is 12.5. The van der Waals surface area contributed by atoms with Crippen LogP contribution in [0.3, 0.4) is 0 Å². The highest BCUT2D eigenvalue weighted by atomic mass is 16.6. The lowest BCUT2D eigenvalue weighted by atomic mass is 9.36. The van der Waals surface area contributed by atoms with Crippen molar-refractivity contribution >= 4 is 23.7 Å². The van der Waals surface area contributed by atoms with Gasteiger partial charge in [-0.15, -0.1) is 0 Å². The molecule has 1 heterocycles. The van der Waals surface area contributed by atoms with Gasteiger partial charge in [-0.25, -0.2) is 0 Å². The molecule has 8 atom stereocenters. The van der Waals surface area contributed by atoms with Gasteiger partial charge in [-0.05, 0) is 40.0 Å². The first-order valence-electron chi connectivity index (χ1n) is 12.7. The van der Waals surface area contributed by atoms with Crippen molar-refractivity contribution in [2.24, 2.45) is 38.9 Å². The number of ether oxygens (including phenoxy) is 3. The molecule has 1 aliphatic heterocycles. The summed E-state index contributed by atoms with van der Waals surface area (Å²) in [5.41, 5.74) is -4.90. The van der Waals surface area contributed by atoms with Crippen molar-refractivity contribution in [2.45, 2.75) is 79.9 Å². The third-order valence-electron chi connectivity index (χ3n) is 11.0. The molecular weight excluding hydrogens is 466 g/mol. The van der Waals surface area contributed by atoms with Gasteiger partial charge in [-0.3, -0.25) is 19.2 Å². The number of methoxy groups -OCH3 is 1. The van der Waals surface area contributed by atoms with E-state index in [9.17, 15) is 24.3 Å². The Morgan fingerprint density at radius 1 is 1.14 bits per heavy atom. The first kappa shape index (κ1) is 25.0. The second kappa shape index (κ2) is 7.01. The number of carbonyl (C=O) groups is 4. The number of aliphatic hydroxyl groups excluding tert-OH is 1. The van der Waals surface area contributed by atoms with Crippen LogP contribution >= 0.6 is 0 Å².